The Hall–Kier alpha value is -0.610. The van der Waals surface area contributed by atoms with Gasteiger partial charge < -0.3 is 15.1 Å². The van der Waals surface area contributed by atoms with Crippen LogP contribution in [0.4, 0.5) is 0 Å². The van der Waals surface area contributed by atoms with Gasteiger partial charge in [0.2, 0.25) is 5.91 Å². The first-order chi connectivity index (χ1) is 8.20. The molecule has 2 aliphatic heterocycles. The molecule has 1 unspecified atom stereocenters. The van der Waals surface area contributed by atoms with Crippen LogP contribution in [-0.2, 0) is 4.79 Å². The summed E-state index contributed by atoms with van der Waals surface area (Å²) in [5.74, 6) is 1.13. The van der Waals surface area contributed by atoms with Gasteiger partial charge in [0.15, 0.2) is 0 Å². The molecule has 98 valence electrons. The number of likely N-dealkylation sites (N-methyl/N-ethyl adjacent to an activating group) is 1. The van der Waals surface area contributed by atoms with Crippen molar-refractivity contribution in [3.05, 3.63) is 0 Å². The highest BCUT2D eigenvalue weighted by Crippen LogP contribution is 2.21. The number of rotatable bonds is 4. The van der Waals surface area contributed by atoms with Gasteiger partial charge in [0.05, 0.1) is 6.04 Å². The van der Waals surface area contributed by atoms with Gasteiger partial charge in [-0.1, -0.05) is 0 Å². The van der Waals surface area contributed by atoms with E-state index >= 15 is 0 Å². The predicted octanol–water partition coefficient (Wildman–Crippen LogP) is 0.539. The van der Waals surface area contributed by atoms with Crippen molar-refractivity contribution in [1.82, 2.24) is 15.1 Å². The standard InChI is InChI=1S/C13H25N3O/c1-14-12-6-10-16(13(12)17)9-5-11-3-7-15(2)8-4-11/h11-12,14H,3-10H2,1-2H3. The fourth-order valence-corrected chi connectivity index (χ4v) is 2.92. The van der Waals surface area contributed by atoms with Crippen LogP contribution < -0.4 is 5.32 Å². The number of hydrogen-bond donors (Lipinski definition) is 1. The van der Waals surface area contributed by atoms with Gasteiger partial charge in [-0.15, -0.1) is 0 Å². The van der Waals surface area contributed by atoms with E-state index in [1.165, 1.54) is 32.4 Å². The SMILES string of the molecule is CNC1CCN(CCC2CCN(C)CC2)C1=O. The Kier molecular flexibility index (Phi) is 4.40. The number of piperidine rings is 1. The van der Waals surface area contributed by atoms with Crippen molar-refractivity contribution < 1.29 is 4.79 Å². The van der Waals surface area contributed by atoms with Crippen LogP contribution in [0.15, 0.2) is 0 Å². The Morgan fingerprint density at radius 1 is 1.24 bits per heavy atom. The molecule has 0 aliphatic carbocycles. The average Bonchev–Trinajstić information content (AvgIpc) is 2.69. The zero-order valence-electron chi connectivity index (χ0n) is 11.1. The topological polar surface area (TPSA) is 35.6 Å². The maximum Gasteiger partial charge on any atom is 0.239 e. The highest BCUT2D eigenvalue weighted by atomic mass is 16.2. The van der Waals surface area contributed by atoms with E-state index in [2.05, 4.69) is 17.3 Å². The first-order valence-corrected chi connectivity index (χ1v) is 6.85. The summed E-state index contributed by atoms with van der Waals surface area (Å²) in [4.78, 5) is 16.4. The van der Waals surface area contributed by atoms with Crippen LogP contribution >= 0.6 is 0 Å². The summed E-state index contributed by atoms with van der Waals surface area (Å²) >= 11 is 0. The molecule has 0 aromatic carbocycles. The van der Waals surface area contributed by atoms with Crippen LogP contribution in [0.5, 0.6) is 0 Å². The second-order valence-corrected chi connectivity index (χ2v) is 5.49. The van der Waals surface area contributed by atoms with E-state index in [1.54, 1.807) is 0 Å². The van der Waals surface area contributed by atoms with Gasteiger partial charge in [-0.3, -0.25) is 4.79 Å². The highest BCUT2D eigenvalue weighted by molar-refractivity contribution is 5.83. The number of carbonyl (C=O) groups is 1. The van der Waals surface area contributed by atoms with Crippen LogP contribution in [0, 0.1) is 5.92 Å². The largest absolute Gasteiger partial charge is 0.341 e. The zero-order valence-corrected chi connectivity index (χ0v) is 11.1. The van der Waals surface area contributed by atoms with E-state index in [1.807, 2.05) is 11.9 Å². The molecule has 0 aromatic heterocycles. The molecule has 0 bridgehead atoms. The van der Waals surface area contributed by atoms with Crippen molar-refractivity contribution in [2.24, 2.45) is 5.92 Å². The molecule has 4 heteroatoms. The normalized spacial score (nSPS) is 28.0. The van der Waals surface area contributed by atoms with Gasteiger partial charge >= 0.3 is 0 Å². The Labute approximate surface area is 104 Å². The van der Waals surface area contributed by atoms with Crippen molar-refractivity contribution in [3.8, 4) is 0 Å². The van der Waals surface area contributed by atoms with Gasteiger partial charge in [-0.25, -0.2) is 0 Å². The minimum atomic E-state index is 0.0764. The second-order valence-electron chi connectivity index (χ2n) is 5.49. The van der Waals surface area contributed by atoms with Gasteiger partial charge in [0, 0.05) is 13.1 Å². The zero-order chi connectivity index (χ0) is 12.3. The number of amides is 1. The molecule has 2 heterocycles. The van der Waals surface area contributed by atoms with Crippen LogP contribution in [0.3, 0.4) is 0 Å². The lowest BCUT2D eigenvalue weighted by Crippen LogP contribution is -2.38. The van der Waals surface area contributed by atoms with Crippen LogP contribution in [0.2, 0.25) is 0 Å². The molecule has 2 aliphatic rings. The monoisotopic (exact) mass is 239 g/mol. The second kappa shape index (κ2) is 5.83. The van der Waals surface area contributed by atoms with Crippen LogP contribution in [-0.4, -0.2) is 62.0 Å². The third-order valence-electron chi connectivity index (χ3n) is 4.29. The summed E-state index contributed by atoms with van der Waals surface area (Å²) < 4.78 is 0. The van der Waals surface area contributed by atoms with Gasteiger partial charge in [-0.2, -0.15) is 0 Å². The minimum absolute atomic E-state index is 0.0764. The quantitative estimate of drug-likeness (QED) is 0.778. The third kappa shape index (κ3) is 3.19. The third-order valence-corrected chi connectivity index (χ3v) is 4.29. The lowest BCUT2D eigenvalue weighted by Gasteiger charge is -2.30. The molecular formula is C13H25N3O. The summed E-state index contributed by atoms with van der Waals surface area (Å²) in [6, 6.07) is 0.0764. The van der Waals surface area contributed by atoms with E-state index in [4.69, 9.17) is 0 Å². The van der Waals surface area contributed by atoms with E-state index in [0.29, 0.717) is 5.91 Å². The van der Waals surface area contributed by atoms with Crippen molar-refractivity contribution in [2.75, 3.05) is 40.3 Å². The molecule has 0 aromatic rings. The van der Waals surface area contributed by atoms with Gasteiger partial charge in [0.1, 0.15) is 0 Å². The molecule has 1 atom stereocenters. The van der Waals surface area contributed by atoms with Crippen molar-refractivity contribution in [1.29, 1.82) is 0 Å². The van der Waals surface area contributed by atoms with E-state index < -0.39 is 0 Å². The summed E-state index contributed by atoms with van der Waals surface area (Å²) in [5.41, 5.74) is 0. The summed E-state index contributed by atoms with van der Waals surface area (Å²) in [7, 11) is 4.07. The average molecular weight is 239 g/mol. The first-order valence-electron chi connectivity index (χ1n) is 6.85. The maximum absolute atomic E-state index is 11.9. The van der Waals surface area contributed by atoms with Gasteiger partial charge in [0.25, 0.3) is 0 Å². The van der Waals surface area contributed by atoms with E-state index in [0.717, 1.165) is 25.4 Å². The van der Waals surface area contributed by atoms with Gasteiger partial charge in [-0.05, 0) is 58.8 Å². The Balaban J connectivity index is 1.70. The molecule has 1 amide bonds. The van der Waals surface area contributed by atoms with E-state index in [-0.39, 0.29) is 6.04 Å². The Morgan fingerprint density at radius 3 is 2.53 bits per heavy atom. The lowest BCUT2D eigenvalue weighted by atomic mass is 9.94. The van der Waals surface area contributed by atoms with Crippen LogP contribution in [0.25, 0.3) is 0 Å². The molecule has 2 rings (SSSR count). The number of nitrogens with one attached hydrogen (secondary N) is 1. The molecule has 1 N–H and O–H groups in total. The fourth-order valence-electron chi connectivity index (χ4n) is 2.92. The number of likely N-dealkylation sites (tertiary alicyclic amines) is 2. The number of nitrogens with zero attached hydrogens (tertiary/aromatic N) is 2. The van der Waals surface area contributed by atoms with Crippen molar-refractivity contribution in [2.45, 2.75) is 31.7 Å². The highest BCUT2D eigenvalue weighted by Gasteiger charge is 2.30. The molecule has 4 nitrogen and oxygen atoms in total. The lowest BCUT2D eigenvalue weighted by molar-refractivity contribution is -0.129. The maximum atomic E-state index is 11.9. The van der Waals surface area contributed by atoms with Crippen molar-refractivity contribution in [3.63, 3.8) is 0 Å². The summed E-state index contributed by atoms with van der Waals surface area (Å²) in [6.45, 7) is 4.35. The molecular weight excluding hydrogens is 214 g/mol. The Bertz CT molecular complexity index is 261. The van der Waals surface area contributed by atoms with Crippen LogP contribution in [0.1, 0.15) is 25.7 Å². The molecule has 2 fully saturated rings. The van der Waals surface area contributed by atoms with E-state index in [9.17, 15) is 4.79 Å². The van der Waals surface area contributed by atoms with Crippen molar-refractivity contribution >= 4 is 5.91 Å². The molecule has 0 saturated carbocycles. The molecule has 0 spiro atoms. The molecule has 2 saturated heterocycles. The predicted molar refractivity (Wildman–Crippen MR) is 68.9 cm³/mol. The molecule has 17 heavy (non-hydrogen) atoms. The first kappa shape index (κ1) is 12.8. The Morgan fingerprint density at radius 2 is 1.94 bits per heavy atom. The minimum Gasteiger partial charge on any atom is -0.341 e. The summed E-state index contributed by atoms with van der Waals surface area (Å²) in [5, 5.41) is 3.09. The number of hydrogen-bond acceptors (Lipinski definition) is 3. The fraction of sp³-hybridized carbons (Fsp3) is 0.923. The molecule has 0 radical (unpaired) electrons. The summed E-state index contributed by atoms with van der Waals surface area (Å²) in [6.07, 6.45) is 4.76. The smallest absolute Gasteiger partial charge is 0.239 e. The number of carbonyl (C=O) groups excluding carboxylic acids is 1.